The van der Waals surface area contributed by atoms with Gasteiger partial charge in [0, 0.05) is 29.4 Å². The first-order chi connectivity index (χ1) is 7.32. The van der Waals surface area contributed by atoms with Crippen LogP contribution in [0.15, 0.2) is 12.5 Å². The van der Waals surface area contributed by atoms with Crippen molar-refractivity contribution in [2.45, 2.75) is 65.0 Å². The summed E-state index contributed by atoms with van der Waals surface area (Å²) in [5.41, 5.74) is 7.62. The minimum Gasteiger partial charge on any atom is -0.332 e. The van der Waals surface area contributed by atoms with Crippen LogP contribution in [0.1, 0.15) is 53.2 Å². The Morgan fingerprint density at radius 1 is 1.25 bits per heavy atom. The normalized spacial score (nSPS) is 13.1. The molecule has 0 amide bonds. The van der Waals surface area contributed by atoms with E-state index in [2.05, 4.69) is 44.2 Å². The molecule has 0 radical (unpaired) electrons. The van der Waals surface area contributed by atoms with E-state index in [0.29, 0.717) is 0 Å². The first-order valence-corrected chi connectivity index (χ1v) is 6.12. The third-order valence-electron chi connectivity index (χ3n) is 3.37. The Kier molecular flexibility index (Phi) is 3.79. The van der Waals surface area contributed by atoms with Crippen LogP contribution in [0.3, 0.4) is 0 Å². The van der Waals surface area contributed by atoms with Crippen molar-refractivity contribution in [3.8, 4) is 0 Å². The van der Waals surface area contributed by atoms with Crippen LogP contribution in [0.5, 0.6) is 0 Å². The summed E-state index contributed by atoms with van der Waals surface area (Å²) in [6.45, 7) is 11.8. The number of rotatable bonds is 4. The quantitative estimate of drug-likeness (QED) is 0.853. The molecule has 0 aromatic carbocycles. The zero-order chi connectivity index (χ0) is 12.4. The predicted molar refractivity (Wildman–Crippen MR) is 68.4 cm³/mol. The summed E-state index contributed by atoms with van der Waals surface area (Å²) in [5, 5.41) is 0. The van der Waals surface area contributed by atoms with E-state index in [1.54, 1.807) is 0 Å². The number of nitrogens with two attached hydrogens (primary N) is 1. The Bertz CT molecular complexity index is 329. The lowest BCUT2D eigenvalue weighted by Gasteiger charge is -2.30. The maximum absolute atomic E-state index is 6.35. The van der Waals surface area contributed by atoms with Crippen LogP contribution in [-0.4, -0.2) is 15.1 Å². The Balaban J connectivity index is 2.94. The van der Waals surface area contributed by atoms with E-state index < -0.39 is 0 Å². The lowest BCUT2D eigenvalue weighted by Crippen LogP contribution is -2.43. The summed E-state index contributed by atoms with van der Waals surface area (Å²) in [6, 6.07) is 0. The average Bonchev–Trinajstić information content (AvgIpc) is 2.65. The van der Waals surface area contributed by atoms with Crippen molar-refractivity contribution < 1.29 is 0 Å². The second-order valence-corrected chi connectivity index (χ2v) is 5.73. The van der Waals surface area contributed by atoms with Gasteiger partial charge in [-0.25, -0.2) is 4.98 Å². The zero-order valence-corrected chi connectivity index (χ0v) is 11.2. The Hall–Kier alpha value is -0.830. The van der Waals surface area contributed by atoms with E-state index in [1.807, 2.05) is 12.5 Å². The molecule has 3 heteroatoms. The molecule has 16 heavy (non-hydrogen) atoms. The Morgan fingerprint density at radius 3 is 2.25 bits per heavy atom. The van der Waals surface area contributed by atoms with Gasteiger partial charge in [0.25, 0.3) is 0 Å². The van der Waals surface area contributed by atoms with Gasteiger partial charge in [-0.3, -0.25) is 0 Å². The number of imidazole rings is 1. The minimum atomic E-state index is -0.110. The zero-order valence-electron chi connectivity index (χ0n) is 11.2. The Morgan fingerprint density at radius 2 is 1.81 bits per heavy atom. The molecule has 0 spiro atoms. The van der Waals surface area contributed by atoms with E-state index in [1.165, 1.54) is 5.69 Å². The second kappa shape index (κ2) is 4.58. The molecule has 2 N–H and O–H groups in total. The third kappa shape index (κ3) is 2.85. The van der Waals surface area contributed by atoms with Gasteiger partial charge in [0.15, 0.2) is 0 Å². The van der Waals surface area contributed by atoms with Gasteiger partial charge < -0.3 is 10.3 Å². The fraction of sp³-hybridized carbons (Fsp3) is 0.769. The minimum absolute atomic E-state index is 0.110. The number of aromatic nitrogens is 2. The first-order valence-electron chi connectivity index (χ1n) is 6.12. The van der Waals surface area contributed by atoms with Crippen molar-refractivity contribution >= 4 is 0 Å². The van der Waals surface area contributed by atoms with Crippen molar-refractivity contribution in [1.29, 1.82) is 0 Å². The standard InChI is InChI=1S/C13H25N3/c1-6-13(14,7-2)9-16-10-15-8-11(16)12(3,4)5/h8,10H,6-7,9,14H2,1-5H3. The first kappa shape index (κ1) is 13.2. The van der Waals surface area contributed by atoms with Crippen molar-refractivity contribution in [3.63, 3.8) is 0 Å². The van der Waals surface area contributed by atoms with Crippen LogP contribution < -0.4 is 5.73 Å². The van der Waals surface area contributed by atoms with Gasteiger partial charge >= 0.3 is 0 Å². The molecule has 0 unspecified atom stereocenters. The molecule has 0 atom stereocenters. The fourth-order valence-corrected chi connectivity index (χ4v) is 1.88. The summed E-state index contributed by atoms with van der Waals surface area (Å²) >= 11 is 0. The maximum atomic E-state index is 6.35. The molecule has 0 aliphatic heterocycles. The van der Waals surface area contributed by atoms with Crippen LogP contribution in [0.4, 0.5) is 0 Å². The monoisotopic (exact) mass is 223 g/mol. The molecule has 0 aliphatic rings. The SMILES string of the molecule is CCC(N)(CC)Cn1cncc1C(C)(C)C. The summed E-state index contributed by atoms with van der Waals surface area (Å²) < 4.78 is 2.20. The van der Waals surface area contributed by atoms with Crippen molar-refractivity contribution in [2.75, 3.05) is 0 Å². The molecule has 3 nitrogen and oxygen atoms in total. The highest BCUT2D eigenvalue weighted by Gasteiger charge is 2.25. The summed E-state index contributed by atoms with van der Waals surface area (Å²) in [7, 11) is 0. The van der Waals surface area contributed by atoms with E-state index in [0.717, 1.165) is 19.4 Å². The summed E-state index contributed by atoms with van der Waals surface area (Å²) in [5.74, 6) is 0. The van der Waals surface area contributed by atoms with Crippen LogP contribution in [0.25, 0.3) is 0 Å². The van der Waals surface area contributed by atoms with E-state index in [9.17, 15) is 0 Å². The van der Waals surface area contributed by atoms with Gasteiger partial charge in [0.05, 0.1) is 6.33 Å². The topological polar surface area (TPSA) is 43.8 Å². The molecule has 1 aromatic heterocycles. The molecule has 0 saturated carbocycles. The van der Waals surface area contributed by atoms with E-state index in [-0.39, 0.29) is 11.0 Å². The highest BCUT2D eigenvalue weighted by Crippen LogP contribution is 2.24. The van der Waals surface area contributed by atoms with E-state index >= 15 is 0 Å². The van der Waals surface area contributed by atoms with Gasteiger partial charge in [0.1, 0.15) is 0 Å². The molecule has 92 valence electrons. The van der Waals surface area contributed by atoms with Crippen molar-refractivity contribution in [3.05, 3.63) is 18.2 Å². The molecular weight excluding hydrogens is 198 g/mol. The van der Waals surface area contributed by atoms with Gasteiger partial charge in [-0.15, -0.1) is 0 Å². The molecular formula is C13H25N3. The summed E-state index contributed by atoms with van der Waals surface area (Å²) in [4.78, 5) is 4.25. The number of hydrogen-bond donors (Lipinski definition) is 1. The second-order valence-electron chi connectivity index (χ2n) is 5.73. The maximum Gasteiger partial charge on any atom is 0.0949 e. The molecule has 0 bridgehead atoms. The van der Waals surface area contributed by atoms with Crippen molar-refractivity contribution in [2.24, 2.45) is 5.73 Å². The molecule has 0 aliphatic carbocycles. The van der Waals surface area contributed by atoms with Crippen LogP contribution >= 0.6 is 0 Å². The molecule has 1 rings (SSSR count). The lowest BCUT2D eigenvalue weighted by atomic mass is 9.90. The van der Waals surface area contributed by atoms with Crippen molar-refractivity contribution in [1.82, 2.24) is 9.55 Å². The highest BCUT2D eigenvalue weighted by atomic mass is 15.1. The highest BCUT2D eigenvalue weighted by molar-refractivity contribution is 5.11. The largest absolute Gasteiger partial charge is 0.332 e. The van der Waals surface area contributed by atoms with Gasteiger partial charge in [-0.05, 0) is 12.8 Å². The van der Waals surface area contributed by atoms with Crippen LogP contribution in [-0.2, 0) is 12.0 Å². The lowest BCUT2D eigenvalue weighted by molar-refractivity contribution is 0.327. The van der Waals surface area contributed by atoms with Crippen LogP contribution in [0.2, 0.25) is 0 Å². The van der Waals surface area contributed by atoms with Gasteiger partial charge in [0.2, 0.25) is 0 Å². The van der Waals surface area contributed by atoms with Gasteiger partial charge in [-0.1, -0.05) is 34.6 Å². The predicted octanol–water partition coefficient (Wildman–Crippen LogP) is 2.70. The smallest absolute Gasteiger partial charge is 0.0949 e. The summed E-state index contributed by atoms with van der Waals surface area (Å²) in [6.07, 6.45) is 5.83. The third-order valence-corrected chi connectivity index (χ3v) is 3.37. The Labute approximate surface area is 99.1 Å². The fourth-order valence-electron chi connectivity index (χ4n) is 1.88. The molecule has 1 aromatic rings. The average molecular weight is 223 g/mol. The number of hydrogen-bond acceptors (Lipinski definition) is 2. The molecule has 0 saturated heterocycles. The van der Waals surface area contributed by atoms with Crippen LogP contribution in [0, 0.1) is 0 Å². The van der Waals surface area contributed by atoms with Gasteiger partial charge in [-0.2, -0.15) is 0 Å². The van der Waals surface area contributed by atoms with E-state index in [4.69, 9.17) is 5.73 Å². The molecule has 1 heterocycles. The molecule has 0 fully saturated rings. The number of nitrogens with zero attached hydrogens (tertiary/aromatic N) is 2.